The Kier molecular flexibility index (Phi) is 21.0. The van der Waals surface area contributed by atoms with E-state index in [0.29, 0.717) is 13.2 Å². The van der Waals surface area contributed by atoms with Crippen LogP contribution in [-0.4, -0.2) is 25.2 Å². The lowest BCUT2D eigenvalue weighted by Gasteiger charge is -2.02. The van der Waals surface area contributed by atoms with Crippen molar-refractivity contribution in [3.05, 3.63) is 24.3 Å². The summed E-state index contributed by atoms with van der Waals surface area (Å²) >= 11 is 0. The summed E-state index contributed by atoms with van der Waals surface area (Å²) in [5.41, 5.74) is 0.748. The van der Waals surface area contributed by atoms with Gasteiger partial charge < -0.3 is 9.47 Å². The van der Waals surface area contributed by atoms with E-state index in [9.17, 15) is 9.59 Å². The summed E-state index contributed by atoms with van der Waals surface area (Å²) < 4.78 is 9.50. The second-order valence-corrected chi connectivity index (χ2v) is 5.89. The molecule has 0 aliphatic heterocycles. The van der Waals surface area contributed by atoms with Crippen LogP contribution in [0.15, 0.2) is 24.3 Å². The van der Waals surface area contributed by atoms with Gasteiger partial charge in [0.2, 0.25) is 0 Å². The molecule has 0 bridgehead atoms. The van der Waals surface area contributed by atoms with Crippen LogP contribution >= 0.6 is 0 Å². The zero-order valence-electron chi connectivity index (χ0n) is 16.8. The van der Waals surface area contributed by atoms with Gasteiger partial charge in [0.15, 0.2) is 0 Å². The highest BCUT2D eigenvalue weighted by Gasteiger charge is 2.02. The number of rotatable bonds is 13. The molecule has 0 N–H and O–H groups in total. The van der Waals surface area contributed by atoms with Crippen molar-refractivity contribution in [1.82, 2.24) is 0 Å². The summed E-state index contributed by atoms with van der Waals surface area (Å²) in [6.45, 7) is 12.0. The Bertz CT molecular complexity index is 372. The van der Waals surface area contributed by atoms with Crippen LogP contribution in [0.5, 0.6) is 0 Å². The molecule has 0 fully saturated rings. The van der Waals surface area contributed by atoms with Crippen molar-refractivity contribution in [1.29, 1.82) is 0 Å². The van der Waals surface area contributed by atoms with Crippen LogP contribution in [0.2, 0.25) is 0 Å². The number of allylic oxidation sites excluding steroid dienone is 1. The monoisotopic (exact) mass is 354 g/mol. The quantitative estimate of drug-likeness (QED) is 0.240. The first-order chi connectivity index (χ1) is 12.0. The molecule has 0 aliphatic carbocycles. The lowest BCUT2D eigenvalue weighted by molar-refractivity contribution is -0.139. The first kappa shape index (κ1) is 25.7. The topological polar surface area (TPSA) is 52.6 Å². The predicted octanol–water partition coefficient (Wildman–Crippen LogP) is 5.76. The Hall–Kier alpha value is -1.58. The number of unbranched alkanes of at least 4 members (excludes halogenated alkanes) is 7. The fraction of sp³-hybridized carbons (Fsp3) is 0.714. The summed E-state index contributed by atoms with van der Waals surface area (Å²) in [5.74, 6) is -0.512. The highest BCUT2D eigenvalue weighted by atomic mass is 16.5. The van der Waals surface area contributed by atoms with Crippen LogP contribution in [-0.2, 0) is 19.1 Å². The van der Waals surface area contributed by atoms with E-state index in [1.54, 1.807) is 0 Å². The number of carbonyl (C=O) groups is 2. The molecule has 0 saturated carbocycles. The van der Waals surface area contributed by atoms with E-state index in [4.69, 9.17) is 4.74 Å². The van der Waals surface area contributed by atoms with E-state index in [0.717, 1.165) is 24.5 Å². The number of hydrogen-bond donors (Lipinski definition) is 0. The first-order valence-electron chi connectivity index (χ1n) is 9.66. The third-order valence-electron chi connectivity index (χ3n) is 3.47. The minimum Gasteiger partial charge on any atom is -0.463 e. The van der Waals surface area contributed by atoms with Crippen LogP contribution in [0.25, 0.3) is 0 Å². The van der Waals surface area contributed by atoms with Crippen LogP contribution in [0.3, 0.4) is 0 Å². The summed E-state index contributed by atoms with van der Waals surface area (Å²) in [6, 6.07) is 0. The highest BCUT2D eigenvalue weighted by molar-refractivity contribution is 5.87. The van der Waals surface area contributed by atoms with Crippen LogP contribution in [0.4, 0.5) is 0 Å². The van der Waals surface area contributed by atoms with Crippen molar-refractivity contribution in [3.8, 4) is 0 Å². The zero-order chi connectivity index (χ0) is 19.3. The largest absolute Gasteiger partial charge is 0.463 e. The Morgan fingerprint density at radius 2 is 1.48 bits per heavy atom. The van der Waals surface area contributed by atoms with Crippen molar-refractivity contribution in [2.24, 2.45) is 0 Å². The average Bonchev–Trinajstić information content (AvgIpc) is 2.62. The molecule has 0 aromatic heterocycles. The van der Waals surface area contributed by atoms with Gasteiger partial charge in [0.05, 0.1) is 13.2 Å². The van der Waals surface area contributed by atoms with Gasteiger partial charge in [0.1, 0.15) is 0 Å². The van der Waals surface area contributed by atoms with E-state index < -0.39 is 0 Å². The van der Waals surface area contributed by atoms with Crippen molar-refractivity contribution in [3.63, 3.8) is 0 Å². The fourth-order valence-electron chi connectivity index (χ4n) is 2.01. The van der Waals surface area contributed by atoms with Gasteiger partial charge in [-0.2, -0.15) is 0 Å². The SMILES string of the molecule is C=CC(=O)OCCC.CCCCCCCCCC=C(C)C(=O)OCC. The number of hydrogen-bond acceptors (Lipinski definition) is 4. The van der Waals surface area contributed by atoms with Crippen LogP contribution < -0.4 is 0 Å². The lowest BCUT2D eigenvalue weighted by atomic mass is 10.1. The normalized spacial score (nSPS) is 10.5. The number of carbonyl (C=O) groups excluding carboxylic acids is 2. The third-order valence-corrected chi connectivity index (χ3v) is 3.47. The molecule has 0 amide bonds. The van der Waals surface area contributed by atoms with E-state index in [1.165, 1.54) is 44.9 Å². The minimum atomic E-state index is -0.341. The van der Waals surface area contributed by atoms with Crippen molar-refractivity contribution < 1.29 is 19.1 Å². The molecule has 0 rings (SSSR count). The standard InChI is InChI=1S/C15H28O2.C6H10O2/c1-4-6-7-8-9-10-11-12-13-14(3)15(16)17-5-2;1-3-5-8-6(7)4-2/h13H,4-12H2,1-3H3;4H,2-3,5H2,1H3. The van der Waals surface area contributed by atoms with Gasteiger partial charge >= 0.3 is 11.9 Å². The molecular weight excluding hydrogens is 316 g/mol. The highest BCUT2D eigenvalue weighted by Crippen LogP contribution is 2.09. The molecule has 25 heavy (non-hydrogen) atoms. The van der Waals surface area contributed by atoms with Gasteiger partial charge in [-0.1, -0.05) is 65.0 Å². The van der Waals surface area contributed by atoms with Gasteiger partial charge in [-0.3, -0.25) is 0 Å². The second-order valence-electron chi connectivity index (χ2n) is 5.89. The molecule has 0 atom stereocenters. The van der Waals surface area contributed by atoms with Gasteiger partial charge in [-0.25, -0.2) is 9.59 Å². The third kappa shape index (κ3) is 20.4. The van der Waals surface area contributed by atoms with Crippen molar-refractivity contribution in [2.45, 2.75) is 85.5 Å². The molecule has 0 aromatic carbocycles. The Morgan fingerprint density at radius 3 is 2.00 bits per heavy atom. The zero-order valence-corrected chi connectivity index (χ0v) is 16.8. The molecule has 146 valence electrons. The summed E-state index contributed by atoms with van der Waals surface area (Å²) in [6.07, 6.45) is 14.2. The molecule has 0 aliphatic rings. The van der Waals surface area contributed by atoms with Gasteiger partial charge in [0.25, 0.3) is 0 Å². The van der Waals surface area contributed by atoms with Gasteiger partial charge in [-0.05, 0) is 33.1 Å². The van der Waals surface area contributed by atoms with Crippen LogP contribution in [0, 0.1) is 0 Å². The summed E-state index contributed by atoms with van der Waals surface area (Å²) in [5, 5.41) is 0. The number of ether oxygens (including phenoxy) is 2. The lowest BCUT2D eigenvalue weighted by Crippen LogP contribution is -2.04. The Balaban J connectivity index is 0. The Morgan fingerprint density at radius 1 is 0.880 bits per heavy atom. The minimum absolute atomic E-state index is 0.171. The summed E-state index contributed by atoms with van der Waals surface area (Å²) in [4.78, 5) is 21.5. The smallest absolute Gasteiger partial charge is 0.333 e. The average molecular weight is 355 g/mol. The molecule has 0 saturated heterocycles. The van der Waals surface area contributed by atoms with E-state index >= 15 is 0 Å². The van der Waals surface area contributed by atoms with E-state index in [2.05, 4.69) is 18.2 Å². The maximum Gasteiger partial charge on any atom is 0.333 e. The van der Waals surface area contributed by atoms with Crippen LogP contribution in [0.1, 0.15) is 85.5 Å². The molecular formula is C21H38O4. The van der Waals surface area contributed by atoms with Crippen molar-refractivity contribution >= 4 is 11.9 Å². The first-order valence-corrected chi connectivity index (χ1v) is 9.66. The molecule has 0 aromatic rings. The fourth-order valence-corrected chi connectivity index (χ4v) is 2.01. The second kappa shape index (κ2) is 20.5. The summed E-state index contributed by atoms with van der Waals surface area (Å²) in [7, 11) is 0. The molecule has 0 unspecified atom stereocenters. The molecule has 0 radical (unpaired) electrons. The molecule has 4 heteroatoms. The van der Waals surface area contributed by atoms with E-state index in [1.807, 2.05) is 26.8 Å². The maximum atomic E-state index is 11.3. The molecule has 0 heterocycles. The number of esters is 2. The predicted molar refractivity (Wildman–Crippen MR) is 104 cm³/mol. The molecule has 4 nitrogen and oxygen atoms in total. The van der Waals surface area contributed by atoms with Gasteiger partial charge in [-0.15, -0.1) is 0 Å². The Labute approximate surface area is 154 Å². The van der Waals surface area contributed by atoms with Gasteiger partial charge in [0, 0.05) is 11.6 Å². The molecule has 0 spiro atoms. The van der Waals surface area contributed by atoms with E-state index in [-0.39, 0.29) is 11.9 Å². The van der Waals surface area contributed by atoms with Crippen molar-refractivity contribution in [2.75, 3.05) is 13.2 Å². The maximum absolute atomic E-state index is 11.3.